The Bertz CT molecular complexity index is 1180. The van der Waals surface area contributed by atoms with Crippen molar-refractivity contribution in [1.29, 1.82) is 0 Å². The largest absolute Gasteiger partial charge is 0.379 e. The van der Waals surface area contributed by atoms with Gasteiger partial charge in [-0.25, -0.2) is 16.8 Å². The molecule has 0 aliphatic carbocycles. The van der Waals surface area contributed by atoms with Gasteiger partial charge in [-0.05, 0) is 48.5 Å². The van der Waals surface area contributed by atoms with E-state index in [1.165, 1.54) is 54.6 Å². The van der Waals surface area contributed by atoms with Crippen molar-refractivity contribution in [1.82, 2.24) is 4.31 Å². The number of amides is 2. The zero-order chi connectivity index (χ0) is 24.6. The van der Waals surface area contributed by atoms with Gasteiger partial charge in [0.15, 0.2) is 0 Å². The van der Waals surface area contributed by atoms with E-state index in [9.17, 15) is 26.4 Å². The van der Waals surface area contributed by atoms with Crippen LogP contribution in [0.4, 0.5) is 11.4 Å². The van der Waals surface area contributed by atoms with E-state index >= 15 is 0 Å². The van der Waals surface area contributed by atoms with Crippen LogP contribution in [0, 0.1) is 0 Å². The number of sulfonamides is 1. The number of rotatable bonds is 5. The maximum absolute atomic E-state index is 12.3. The second-order valence-electron chi connectivity index (χ2n) is 6.87. The van der Waals surface area contributed by atoms with Gasteiger partial charge < -0.3 is 15.4 Å². The summed E-state index contributed by atoms with van der Waals surface area (Å²) >= 11 is 0. The molecular weight excluding hydrogens is 494 g/mol. The van der Waals surface area contributed by atoms with Gasteiger partial charge in [0.25, 0.3) is 9.05 Å². The Morgan fingerprint density at radius 1 is 0.788 bits per heavy atom. The number of carbonyl (C=O) groups excluding carboxylic acids is 2. The molecule has 33 heavy (non-hydrogen) atoms. The van der Waals surface area contributed by atoms with E-state index in [4.69, 9.17) is 15.4 Å². The summed E-state index contributed by atoms with van der Waals surface area (Å²) in [6.45, 7) is 4.35. The van der Waals surface area contributed by atoms with E-state index in [1.54, 1.807) is 12.1 Å². The maximum atomic E-state index is 12.3. The molecule has 1 aliphatic heterocycles. The number of halogens is 1. The zero-order valence-electron chi connectivity index (χ0n) is 17.9. The molecule has 2 aromatic rings. The van der Waals surface area contributed by atoms with Gasteiger partial charge in [0, 0.05) is 49.0 Å². The molecule has 0 radical (unpaired) electrons. The van der Waals surface area contributed by atoms with E-state index in [-0.39, 0.29) is 21.6 Å². The van der Waals surface area contributed by atoms with E-state index in [0.29, 0.717) is 37.7 Å². The molecule has 1 fully saturated rings. The number of nitrogens with one attached hydrogen (secondary N) is 2. The summed E-state index contributed by atoms with van der Waals surface area (Å²) in [6.07, 6.45) is 0. The quantitative estimate of drug-likeness (QED) is 0.580. The van der Waals surface area contributed by atoms with Crippen LogP contribution in [0.25, 0.3) is 0 Å². The molecule has 0 saturated carbocycles. The standard InChI is InChI=1S/C12H16N2O4S.C8H8ClNO3S/c1-10(15)13-11-2-4-12(5-3-11)19(16,17)14-6-8-18-9-7-14;1-6(11)10-7-2-4-8(5-3-7)14(9,12)13/h2-5H,6-9H2,1H3,(H,13,15);2-5H,1H3,(H,10,11). The van der Waals surface area contributed by atoms with E-state index in [1.807, 2.05) is 0 Å². The fourth-order valence-corrected chi connectivity index (χ4v) is 4.93. The Balaban J connectivity index is 0.000000245. The Kier molecular flexibility index (Phi) is 9.37. The molecule has 2 N–H and O–H groups in total. The molecule has 2 aromatic carbocycles. The van der Waals surface area contributed by atoms with Crippen LogP contribution in [-0.2, 0) is 33.4 Å². The maximum Gasteiger partial charge on any atom is 0.261 e. The van der Waals surface area contributed by atoms with Gasteiger partial charge in [0.05, 0.1) is 23.0 Å². The number of benzene rings is 2. The van der Waals surface area contributed by atoms with Crippen LogP contribution in [0.15, 0.2) is 58.3 Å². The highest BCUT2D eigenvalue weighted by atomic mass is 35.7. The van der Waals surface area contributed by atoms with Crippen molar-refractivity contribution in [2.75, 3.05) is 36.9 Å². The predicted molar refractivity (Wildman–Crippen MR) is 124 cm³/mol. The number of nitrogens with zero attached hydrogens (tertiary/aromatic N) is 1. The molecule has 0 aromatic heterocycles. The number of ether oxygens (including phenoxy) is 1. The third-order valence-electron chi connectivity index (χ3n) is 4.24. The Labute approximate surface area is 197 Å². The van der Waals surface area contributed by atoms with Crippen LogP contribution >= 0.6 is 10.7 Å². The zero-order valence-corrected chi connectivity index (χ0v) is 20.3. The first-order valence-corrected chi connectivity index (χ1v) is 13.4. The van der Waals surface area contributed by atoms with Crippen molar-refractivity contribution in [3.8, 4) is 0 Å². The molecule has 10 nitrogen and oxygen atoms in total. The van der Waals surface area contributed by atoms with E-state index in [2.05, 4.69) is 10.6 Å². The lowest BCUT2D eigenvalue weighted by molar-refractivity contribution is -0.115. The fourth-order valence-electron chi connectivity index (χ4n) is 2.75. The van der Waals surface area contributed by atoms with E-state index < -0.39 is 19.1 Å². The summed E-state index contributed by atoms with van der Waals surface area (Å²) in [5.74, 6) is -0.407. The van der Waals surface area contributed by atoms with Crippen molar-refractivity contribution >= 4 is 52.9 Å². The van der Waals surface area contributed by atoms with Crippen molar-refractivity contribution in [3.05, 3.63) is 48.5 Å². The van der Waals surface area contributed by atoms with Gasteiger partial charge in [-0.15, -0.1) is 0 Å². The summed E-state index contributed by atoms with van der Waals surface area (Å²) in [7, 11) is -2.05. The van der Waals surface area contributed by atoms with Crippen LogP contribution in [0.2, 0.25) is 0 Å². The lowest BCUT2D eigenvalue weighted by Gasteiger charge is -2.26. The average molecular weight is 518 g/mol. The average Bonchev–Trinajstić information content (AvgIpc) is 2.74. The molecule has 1 saturated heterocycles. The Hall–Kier alpha value is -2.51. The van der Waals surface area contributed by atoms with E-state index in [0.717, 1.165) is 0 Å². The molecule has 2 amide bonds. The normalized spacial score (nSPS) is 14.5. The number of anilines is 2. The number of hydrogen-bond acceptors (Lipinski definition) is 7. The number of hydrogen-bond donors (Lipinski definition) is 2. The van der Waals surface area contributed by atoms with Gasteiger partial charge in [0.2, 0.25) is 21.8 Å². The second kappa shape index (κ2) is 11.6. The first-order chi connectivity index (χ1) is 15.4. The van der Waals surface area contributed by atoms with Crippen LogP contribution in [0.3, 0.4) is 0 Å². The van der Waals surface area contributed by atoms with Gasteiger partial charge in [-0.3, -0.25) is 9.59 Å². The number of morpholine rings is 1. The fraction of sp³-hybridized carbons (Fsp3) is 0.300. The smallest absolute Gasteiger partial charge is 0.261 e. The highest BCUT2D eigenvalue weighted by molar-refractivity contribution is 8.13. The lowest BCUT2D eigenvalue weighted by atomic mass is 10.3. The van der Waals surface area contributed by atoms with Crippen molar-refractivity contribution < 1.29 is 31.2 Å². The second-order valence-corrected chi connectivity index (χ2v) is 11.4. The van der Waals surface area contributed by atoms with Gasteiger partial charge in [0.1, 0.15) is 0 Å². The molecule has 3 rings (SSSR count). The molecule has 1 heterocycles. The molecule has 0 unspecified atom stereocenters. The molecule has 1 aliphatic rings. The summed E-state index contributed by atoms with van der Waals surface area (Å²) < 4.78 is 52.8. The summed E-state index contributed by atoms with van der Waals surface area (Å²) in [4.78, 5) is 21.8. The predicted octanol–water partition coefficient (Wildman–Crippen LogP) is 2.24. The van der Waals surface area contributed by atoms with Crippen LogP contribution in [-0.4, -0.2) is 59.3 Å². The first-order valence-electron chi connectivity index (χ1n) is 9.67. The Morgan fingerprint density at radius 2 is 1.18 bits per heavy atom. The van der Waals surface area contributed by atoms with Gasteiger partial charge in [-0.2, -0.15) is 4.31 Å². The topological polar surface area (TPSA) is 139 Å². The minimum absolute atomic E-state index is 0.00766. The highest BCUT2D eigenvalue weighted by Crippen LogP contribution is 2.19. The van der Waals surface area contributed by atoms with Crippen LogP contribution < -0.4 is 10.6 Å². The molecule has 13 heteroatoms. The summed E-state index contributed by atoms with van der Waals surface area (Å²) in [6, 6.07) is 11.7. The van der Waals surface area contributed by atoms with Crippen molar-refractivity contribution in [3.63, 3.8) is 0 Å². The van der Waals surface area contributed by atoms with Crippen LogP contribution in [0.1, 0.15) is 13.8 Å². The third kappa shape index (κ3) is 8.41. The molecule has 0 atom stereocenters. The highest BCUT2D eigenvalue weighted by Gasteiger charge is 2.26. The van der Waals surface area contributed by atoms with Gasteiger partial charge >= 0.3 is 0 Å². The summed E-state index contributed by atoms with van der Waals surface area (Å²) in [5.41, 5.74) is 1.11. The molecular formula is C20H24ClN3O7S2. The Morgan fingerprint density at radius 3 is 1.55 bits per heavy atom. The number of carbonyl (C=O) groups is 2. The SMILES string of the molecule is CC(=O)Nc1ccc(S(=O)(=O)Cl)cc1.CC(=O)Nc1ccc(S(=O)(=O)N2CCOCC2)cc1. The molecule has 0 spiro atoms. The lowest BCUT2D eigenvalue weighted by Crippen LogP contribution is -2.40. The molecule has 180 valence electrons. The molecule has 0 bridgehead atoms. The monoisotopic (exact) mass is 517 g/mol. The minimum atomic E-state index is -3.69. The first kappa shape index (κ1) is 26.7. The van der Waals surface area contributed by atoms with Gasteiger partial charge in [-0.1, -0.05) is 0 Å². The summed E-state index contributed by atoms with van der Waals surface area (Å²) in [5, 5.41) is 5.10. The van der Waals surface area contributed by atoms with Crippen molar-refractivity contribution in [2.24, 2.45) is 0 Å². The minimum Gasteiger partial charge on any atom is -0.379 e. The third-order valence-corrected chi connectivity index (χ3v) is 7.52. The van der Waals surface area contributed by atoms with Crippen molar-refractivity contribution in [2.45, 2.75) is 23.6 Å². The van der Waals surface area contributed by atoms with Crippen LogP contribution in [0.5, 0.6) is 0 Å².